The van der Waals surface area contributed by atoms with Crippen LogP contribution in [0.25, 0.3) is 0 Å². The molecule has 6 heteroatoms. The molecule has 4 rings (SSSR count). The second-order valence-electron chi connectivity index (χ2n) is 9.19. The van der Waals surface area contributed by atoms with Crippen LogP contribution in [0.15, 0.2) is 29.2 Å². The number of fused-ring (bicyclic) bond motifs is 1. The fraction of sp³-hybridized carbons (Fsp3) is 0.667. The number of piperidine rings is 2. The van der Waals surface area contributed by atoms with E-state index in [2.05, 4.69) is 17.9 Å². The number of para-hydroxylation sites is 1. The highest BCUT2D eigenvalue weighted by Gasteiger charge is 2.28. The molecule has 164 valence electrons. The molecular formula is C24H35N3O2S. The third-order valence-corrected chi connectivity index (χ3v) is 7.89. The smallest absolute Gasteiger partial charge is 0.227 e. The number of carbonyl (C=O) groups is 2. The minimum Gasteiger partial charge on any atom is -0.342 e. The summed E-state index contributed by atoms with van der Waals surface area (Å²) in [6.07, 6.45) is 5.55. The number of likely N-dealkylation sites (tertiary alicyclic amines) is 2. The van der Waals surface area contributed by atoms with Crippen molar-refractivity contribution >= 4 is 29.3 Å². The van der Waals surface area contributed by atoms with E-state index in [0.29, 0.717) is 18.8 Å². The first-order valence-electron chi connectivity index (χ1n) is 11.6. The zero-order chi connectivity index (χ0) is 20.9. The molecule has 3 heterocycles. The second-order valence-corrected chi connectivity index (χ2v) is 10.3. The van der Waals surface area contributed by atoms with Crippen molar-refractivity contribution < 1.29 is 9.59 Å². The Hall–Kier alpha value is -1.53. The summed E-state index contributed by atoms with van der Waals surface area (Å²) in [5, 5.41) is 0. The van der Waals surface area contributed by atoms with E-state index < -0.39 is 0 Å². The van der Waals surface area contributed by atoms with Crippen LogP contribution >= 0.6 is 11.8 Å². The maximum atomic E-state index is 12.8. The average molecular weight is 430 g/mol. The lowest BCUT2D eigenvalue weighted by atomic mass is 9.94. The van der Waals surface area contributed by atoms with Gasteiger partial charge in [-0.2, -0.15) is 0 Å². The molecule has 3 aliphatic heterocycles. The number of carbonyl (C=O) groups excluding carboxylic acids is 2. The van der Waals surface area contributed by atoms with E-state index in [1.54, 1.807) is 11.8 Å². The van der Waals surface area contributed by atoms with E-state index in [0.717, 1.165) is 54.9 Å². The van der Waals surface area contributed by atoms with Crippen molar-refractivity contribution in [3.8, 4) is 0 Å². The van der Waals surface area contributed by atoms with E-state index >= 15 is 0 Å². The standard InChI is InChI=1S/C24H35N3O2S/c1-19-10-13-25(14-11-19)17-20-5-4-12-26(18-20)23(28)8-9-24(29)27-15-16-30-22-7-3-2-6-21(22)27/h2-3,6-7,19-20H,4-5,8-18H2,1H3. The van der Waals surface area contributed by atoms with Crippen molar-refractivity contribution in [2.24, 2.45) is 11.8 Å². The predicted molar refractivity (Wildman–Crippen MR) is 123 cm³/mol. The minimum atomic E-state index is 0.0760. The second kappa shape index (κ2) is 10.2. The summed E-state index contributed by atoms with van der Waals surface area (Å²) in [5.74, 6) is 2.58. The van der Waals surface area contributed by atoms with Gasteiger partial charge >= 0.3 is 0 Å². The first-order chi connectivity index (χ1) is 14.6. The van der Waals surface area contributed by atoms with E-state index in [9.17, 15) is 9.59 Å². The number of anilines is 1. The molecule has 2 amide bonds. The number of hydrogen-bond acceptors (Lipinski definition) is 4. The first-order valence-corrected chi connectivity index (χ1v) is 12.6. The number of hydrogen-bond donors (Lipinski definition) is 0. The molecular weight excluding hydrogens is 394 g/mol. The topological polar surface area (TPSA) is 43.9 Å². The van der Waals surface area contributed by atoms with E-state index in [4.69, 9.17) is 0 Å². The van der Waals surface area contributed by atoms with Gasteiger partial charge in [0.1, 0.15) is 0 Å². The van der Waals surface area contributed by atoms with Crippen molar-refractivity contribution in [3.63, 3.8) is 0 Å². The van der Waals surface area contributed by atoms with Gasteiger partial charge in [0.2, 0.25) is 11.8 Å². The van der Waals surface area contributed by atoms with Crippen LogP contribution in [0.1, 0.15) is 45.4 Å². The number of thioether (sulfide) groups is 1. The molecule has 2 saturated heterocycles. The van der Waals surface area contributed by atoms with Crippen molar-refractivity contribution in [1.29, 1.82) is 0 Å². The van der Waals surface area contributed by atoms with Crippen LogP contribution in [0, 0.1) is 11.8 Å². The van der Waals surface area contributed by atoms with Crippen LogP contribution in [-0.2, 0) is 9.59 Å². The van der Waals surface area contributed by atoms with Crippen molar-refractivity contribution in [2.75, 3.05) is 49.9 Å². The monoisotopic (exact) mass is 429 g/mol. The van der Waals surface area contributed by atoms with E-state index in [1.807, 2.05) is 28.0 Å². The maximum Gasteiger partial charge on any atom is 0.227 e. The van der Waals surface area contributed by atoms with Gasteiger partial charge in [-0.25, -0.2) is 0 Å². The highest BCUT2D eigenvalue weighted by molar-refractivity contribution is 7.99. The molecule has 0 aliphatic carbocycles. The normalized spacial score (nSPS) is 23.3. The van der Waals surface area contributed by atoms with Crippen LogP contribution in [0.2, 0.25) is 0 Å². The Labute approximate surface area is 185 Å². The quantitative estimate of drug-likeness (QED) is 0.713. The summed E-state index contributed by atoms with van der Waals surface area (Å²) >= 11 is 1.80. The molecule has 1 aromatic carbocycles. The fourth-order valence-electron chi connectivity index (χ4n) is 4.99. The summed E-state index contributed by atoms with van der Waals surface area (Å²) in [7, 11) is 0. The molecule has 1 aromatic rings. The lowest BCUT2D eigenvalue weighted by molar-refractivity contribution is -0.135. The Balaban J connectivity index is 1.25. The third kappa shape index (κ3) is 5.38. The number of rotatable bonds is 5. The van der Waals surface area contributed by atoms with Crippen molar-refractivity contribution in [2.45, 2.75) is 50.3 Å². The average Bonchev–Trinajstić information content (AvgIpc) is 2.78. The molecule has 0 aromatic heterocycles. The number of amides is 2. The summed E-state index contributed by atoms with van der Waals surface area (Å²) in [6.45, 7) is 8.32. The van der Waals surface area contributed by atoms with Gasteiger partial charge in [-0.1, -0.05) is 19.1 Å². The van der Waals surface area contributed by atoms with E-state index in [1.165, 1.54) is 32.4 Å². The van der Waals surface area contributed by atoms with Crippen LogP contribution < -0.4 is 4.90 Å². The molecule has 5 nitrogen and oxygen atoms in total. The van der Waals surface area contributed by atoms with Gasteiger partial charge in [-0.05, 0) is 62.7 Å². The molecule has 0 saturated carbocycles. The Morgan fingerprint density at radius 1 is 1.00 bits per heavy atom. The summed E-state index contributed by atoms with van der Waals surface area (Å²) in [5.41, 5.74) is 1.00. The lowest BCUT2D eigenvalue weighted by Gasteiger charge is -2.38. The molecule has 0 N–H and O–H groups in total. The van der Waals surface area contributed by atoms with Gasteiger partial charge in [0, 0.05) is 49.7 Å². The fourth-order valence-corrected chi connectivity index (χ4v) is 5.98. The van der Waals surface area contributed by atoms with E-state index in [-0.39, 0.29) is 11.8 Å². The third-order valence-electron chi connectivity index (χ3n) is 6.85. The number of benzene rings is 1. The molecule has 0 bridgehead atoms. The van der Waals surface area contributed by atoms with Gasteiger partial charge in [0.05, 0.1) is 5.69 Å². The summed E-state index contributed by atoms with van der Waals surface area (Å²) in [4.78, 5) is 33.3. The number of nitrogens with zero attached hydrogens (tertiary/aromatic N) is 3. The Morgan fingerprint density at radius 3 is 2.60 bits per heavy atom. The Kier molecular flexibility index (Phi) is 7.37. The molecule has 1 atom stereocenters. The maximum absolute atomic E-state index is 12.8. The van der Waals surface area contributed by atoms with Crippen LogP contribution in [0.5, 0.6) is 0 Å². The minimum absolute atomic E-state index is 0.0760. The van der Waals surface area contributed by atoms with Crippen LogP contribution in [-0.4, -0.2) is 66.6 Å². The van der Waals surface area contributed by atoms with Gasteiger partial charge in [0.15, 0.2) is 0 Å². The molecule has 2 fully saturated rings. The molecule has 3 aliphatic rings. The lowest BCUT2D eigenvalue weighted by Crippen LogP contribution is -2.45. The highest BCUT2D eigenvalue weighted by atomic mass is 32.2. The van der Waals surface area contributed by atoms with Gasteiger partial charge in [-0.15, -0.1) is 11.8 Å². The van der Waals surface area contributed by atoms with Crippen molar-refractivity contribution in [1.82, 2.24) is 9.80 Å². The molecule has 30 heavy (non-hydrogen) atoms. The highest BCUT2D eigenvalue weighted by Crippen LogP contribution is 2.34. The SMILES string of the molecule is CC1CCN(CC2CCCN(C(=O)CCC(=O)N3CCSc4ccccc43)C2)CC1. The Bertz CT molecular complexity index is 748. The van der Waals surface area contributed by atoms with Gasteiger partial charge in [-0.3, -0.25) is 9.59 Å². The molecule has 0 spiro atoms. The van der Waals surface area contributed by atoms with Crippen LogP contribution in [0.3, 0.4) is 0 Å². The van der Waals surface area contributed by atoms with Crippen LogP contribution in [0.4, 0.5) is 5.69 Å². The largest absolute Gasteiger partial charge is 0.342 e. The van der Waals surface area contributed by atoms with Gasteiger partial charge < -0.3 is 14.7 Å². The zero-order valence-corrected chi connectivity index (χ0v) is 19.0. The van der Waals surface area contributed by atoms with Gasteiger partial charge in [0.25, 0.3) is 0 Å². The zero-order valence-electron chi connectivity index (χ0n) is 18.2. The molecule has 0 radical (unpaired) electrons. The predicted octanol–water partition coefficient (Wildman–Crippen LogP) is 3.88. The first kappa shape index (κ1) is 21.7. The Morgan fingerprint density at radius 2 is 1.77 bits per heavy atom. The molecule has 1 unspecified atom stereocenters. The van der Waals surface area contributed by atoms with Crippen molar-refractivity contribution in [3.05, 3.63) is 24.3 Å². The summed E-state index contributed by atoms with van der Waals surface area (Å²) in [6, 6.07) is 8.08. The summed E-state index contributed by atoms with van der Waals surface area (Å²) < 4.78 is 0.